The minimum Gasteiger partial charge on any atom is -0.496 e. The number of para-hydroxylation sites is 1. The quantitative estimate of drug-likeness (QED) is 0.420. The van der Waals surface area contributed by atoms with E-state index in [1.165, 1.54) is 11.1 Å². The third-order valence-corrected chi connectivity index (χ3v) is 4.14. The van der Waals surface area contributed by atoms with Gasteiger partial charge >= 0.3 is 0 Å². The van der Waals surface area contributed by atoms with E-state index in [1.54, 1.807) is 19.5 Å². The average Bonchev–Trinajstić information content (AvgIpc) is 2.69. The molecule has 4 nitrogen and oxygen atoms in total. The highest BCUT2D eigenvalue weighted by molar-refractivity contribution is 6.12. The van der Waals surface area contributed by atoms with Gasteiger partial charge in [0.25, 0.3) is 0 Å². The second-order valence-corrected chi connectivity index (χ2v) is 5.70. The van der Waals surface area contributed by atoms with Crippen molar-refractivity contribution >= 4 is 5.71 Å². The molecule has 0 spiro atoms. The van der Waals surface area contributed by atoms with Gasteiger partial charge in [-0.25, -0.2) is 0 Å². The summed E-state index contributed by atoms with van der Waals surface area (Å²) in [5.41, 5.74) is 4.58. The highest BCUT2D eigenvalue weighted by atomic mass is 16.5. The number of aryl methyl sites for hydroxylation is 2. The molecule has 0 aliphatic heterocycles. The van der Waals surface area contributed by atoms with Gasteiger partial charge in [0.1, 0.15) is 11.5 Å². The average molecular weight is 332 g/mol. The number of ether oxygens (including phenoxy) is 1. The van der Waals surface area contributed by atoms with Crippen LogP contribution in [-0.2, 0) is 12.8 Å². The molecule has 0 saturated heterocycles. The van der Waals surface area contributed by atoms with Crippen LogP contribution in [0.5, 0.6) is 5.75 Å². The lowest BCUT2D eigenvalue weighted by molar-refractivity contribution is 0.319. The van der Waals surface area contributed by atoms with Gasteiger partial charge in [-0.3, -0.25) is 4.98 Å². The molecule has 0 bridgehead atoms. The smallest absolute Gasteiger partial charge is 0.122 e. The molecule has 0 atom stereocenters. The number of oxime groups is 1. The van der Waals surface area contributed by atoms with Crippen LogP contribution in [-0.4, -0.2) is 23.0 Å². The summed E-state index contributed by atoms with van der Waals surface area (Å²) in [4.78, 5) is 4.07. The Labute approximate surface area is 147 Å². The molecule has 1 N–H and O–H groups in total. The SMILES string of the molecule is COc1ccccc1CCc1ccc(C(=NO)c2cccnc2)cc1. The molecule has 2 aromatic carbocycles. The Morgan fingerprint density at radius 2 is 1.76 bits per heavy atom. The lowest BCUT2D eigenvalue weighted by Crippen LogP contribution is -2.04. The number of hydrogen-bond acceptors (Lipinski definition) is 4. The molecule has 0 unspecified atom stereocenters. The van der Waals surface area contributed by atoms with Crippen molar-refractivity contribution in [3.8, 4) is 5.75 Å². The molecule has 0 amide bonds. The second kappa shape index (κ2) is 8.11. The molecule has 0 radical (unpaired) electrons. The van der Waals surface area contributed by atoms with Crippen molar-refractivity contribution in [2.75, 3.05) is 7.11 Å². The van der Waals surface area contributed by atoms with Crippen molar-refractivity contribution in [1.82, 2.24) is 4.98 Å². The summed E-state index contributed by atoms with van der Waals surface area (Å²) in [7, 11) is 1.70. The van der Waals surface area contributed by atoms with E-state index in [-0.39, 0.29) is 0 Å². The maximum Gasteiger partial charge on any atom is 0.122 e. The van der Waals surface area contributed by atoms with Crippen molar-refractivity contribution < 1.29 is 9.94 Å². The summed E-state index contributed by atoms with van der Waals surface area (Å²) >= 11 is 0. The minimum atomic E-state index is 0.518. The van der Waals surface area contributed by atoms with Gasteiger partial charge in [0.15, 0.2) is 0 Å². The number of hydrogen-bond donors (Lipinski definition) is 1. The van der Waals surface area contributed by atoms with E-state index in [1.807, 2.05) is 42.5 Å². The van der Waals surface area contributed by atoms with Gasteiger partial charge in [-0.15, -0.1) is 0 Å². The fraction of sp³-hybridized carbons (Fsp3) is 0.143. The van der Waals surface area contributed by atoms with E-state index in [4.69, 9.17) is 4.74 Å². The standard InChI is InChI=1S/C21H20N2O2/c1-25-20-7-3-2-5-17(20)11-8-16-9-12-18(13-10-16)21(23-24)19-6-4-14-22-15-19/h2-7,9-10,12-15,24H,8,11H2,1H3. The zero-order valence-corrected chi connectivity index (χ0v) is 14.1. The molecule has 25 heavy (non-hydrogen) atoms. The van der Waals surface area contributed by atoms with Crippen molar-refractivity contribution in [2.24, 2.45) is 5.16 Å². The van der Waals surface area contributed by atoms with Crippen LogP contribution in [0.2, 0.25) is 0 Å². The van der Waals surface area contributed by atoms with Gasteiger partial charge in [0.05, 0.1) is 7.11 Å². The van der Waals surface area contributed by atoms with Crippen LogP contribution in [0.3, 0.4) is 0 Å². The third-order valence-electron chi connectivity index (χ3n) is 4.14. The molecule has 3 aromatic rings. The van der Waals surface area contributed by atoms with E-state index < -0.39 is 0 Å². The van der Waals surface area contributed by atoms with Crippen molar-refractivity contribution in [3.63, 3.8) is 0 Å². The largest absolute Gasteiger partial charge is 0.496 e. The van der Waals surface area contributed by atoms with Crippen LogP contribution in [0.15, 0.2) is 78.2 Å². The third kappa shape index (κ3) is 4.04. The van der Waals surface area contributed by atoms with Gasteiger partial charge < -0.3 is 9.94 Å². The predicted molar refractivity (Wildman–Crippen MR) is 98.5 cm³/mol. The molecular weight excluding hydrogens is 312 g/mol. The van der Waals surface area contributed by atoms with E-state index >= 15 is 0 Å². The molecule has 0 saturated carbocycles. The minimum absolute atomic E-state index is 0.518. The van der Waals surface area contributed by atoms with Gasteiger partial charge in [-0.05, 0) is 42.2 Å². The number of rotatable bonds is 6. The van der Waals surface area contributed by atoms with Crippen molar-refractivity contribution in [3.05, 3.63) is 95.3 Å². The predicted octanol–water partition coefficient (Wildman–Crippen LogP) is 4.10. The summed E-state index contributed by atoms with van der Waals surface area (Å²) in [6.07, 6.45) is 5.20. The Hall–Kier alpha value is -3.14. The topological polar surface area (TPSA) is 54.7 Å². The lowest BCUT2D eigenvalue weighted by atomic mass is 9.99. The Morgan fingerprint density at radius 1 is 0.960 bits per heavy atom. The maximum absolute atomic E-state index is 9.36. The normalized spacial score (nSPS) is 11.3. The summed E-state index contributed by atoms with van der Waals surface area (Å²) < 4.78 is 5.40. The Kier molecular flexibility index (Phi) is 5.42. The fourth-order valence-corrected chi connectivity index (χ4v) is 2.80. The van der Waals surface area contributed by atoms with Crippen molar-refractivity contribution in [1.29, 1.82) is 0 Å². The number of nitrogens with zero attached hydrogens (tertiary/aromatic N) is 2. The summed E-state index contributed by atoms with van der Waals surface area (Å²) in [6.45, 7) is 0. The van der Waals surface area contributed by atoms with Crippen LogP contribution in [0.1, 0.15) is 22.3 Å². The molecule has 1 aromatic heterocycles. The first-order valence-electron chi connectivity index (χ1n) is 8.15. The molecule has 0 fully saturated rings. The molecule has 0 aliphatic carbocycles. The first kappa shape index (κ1) is 16.7. The molecular formula is C21H20N2O2. The van der Waals surface area contributed by atoms with E-state index in [2.05, 4.69) is 28.3 Å². The molecule has 4 heteroatoms. The number of methoxy groups -OCH3 is 1. The highest BCUT2D eigenvalue weighted by Gasteiger charge is 2.08. The van der Waals surface area contributed by atoms with Gasteiger partial charge in [0, 0.05) is 23.5 Å². The zero-order chi connectivity index (χ0) is 17.5. The fourth-order valence-electron chi connectivity index (χ4n) is 2.80. The van der Waals surface area contributed by atoms with Crippen LogP contribution in [0.25, 0.3) is 0 Å². The van der Waals surface area contributed by atoms with Crippen LogP contribution >= 0.6 is 0 Å². The Morgan fingerprint density at radius 3 is 2.44 bits per heavy atom. The Bertz CT molecular complexity index is 843. The maximum atomic E-state index is 9.36. The van der Waals surface area contributed by atoms with Gasteiger partial charge in [0.2, 0.25) is 0 Å². The molecule has 0 aliphatic rings. The van der Waals surface area contributed by atoms with Gasteiger partial charge in [-0.1, -0.05) is 47.6 Å². The molecule has 1 heterocycles. The van der Waals surface area contributed by atoms with Crippen LogP contribution in [0, 0.1) is 0 Å². The zero-order valence-electron chi connectivity index (χ0n) is 14.1. The van der Waals surface area contributed by atoms with Crippen LogP contribution < -0.4 is 4.74 Å². The Balaban J connectivity index is 1.72. The van der Waals surface area contributed by atoms with E-state index in [0.717, 1.165) is 29.7 Å². The summed E-state index contributed by atoms with van der Waals surface area (Å²) in [5, 5.41) is 12.8. The molecule has 3 rings (SSSR count). The highest BCUT2D eigenvalue weighted by Crippen LogP contribution is 2.20. The summed E-state index contributed by atoms with van der Waals surface area (Å²) in [6, 6.07) is 19.8. The first-order chi connectivity index (χ1) is 12.3. The molecule has 126 valence electrons. The van der Waals surface area contributed by atoms with Crippen molar-refractivity contribution in [2.45, 2.75) is 12.8 Å². The first-order valence-corrected chi connectivity index (χ1v) is 8.15. The monoisotopic (exact) mass is 332 g/mol. The van der Waals surface area contributed by atoms with E-state index in [9.17, 15) is 5.21 Å². The number of pyridine rings is 1. The summed E-state index contributed by atoms with van der Waals surface area (Å²) in [5.74, 6) is 0.922. The van der Waals surface area contributed by atoms with E-state index in [0.29, 0.717) is 5.71 Å². The van der Waals surface area contributed by atoms with Gasteiger partial charge in [-0.2, -0.15) is 0 Å². The van der Waals surface area contributed by atoms with Crippen LogP contribution in [0.4, 0.5) is 0 Å². The second-order valence-electron chi connectivity index (χ2n) is 5.70. The number of benzene rings is 2. The lowest BCUT2D eigenvalue weighted by Gasteiger charge is -2.09. The number of aromatic nitrogens is 1.